The molecule has 6 rings (SSSR count). The highest BCUT2D eigenvalue weighted by molar-refractivity contribution is 7.47. The number of nitrogens with one attached hydrogen (secondary N) is 2. The Morgan fingerprint density at radius 1 is 0.756 bits per heavy atom. The van der Waals surface area contributed by atoms with E-state index in [0.717, 1.165) is 12.7 Å². The Hall–Kier alpha value is -3.43. The maximum atomic E-state index is 12.5. The molecular weight excluding hydrogens is 575 g/mol. The van der Waals surface area contributed by atoms with Crippen molar-refractivity contribution in [1.29, 1.82) is 0 Å². The first-order chi connectivity index (χ1) is 19.6. The third kappa shape index (κ3) is 4.89. The van der Waals surface area contributed by atoms with Crippen LogP contribution in [-0.2, 0) is 23.1 Å². The number of imidazole rings is 2. The van der Waals surface area contributed by atoms with Gasteiger partial charge in [-0.05, 0) is 0 Å². The minimum Gasteiger partial charge on any atom is -0.387 e. The predicted octanol–water partition coefficient (Wildman–Crippen LogP) is -3.38. The second-order valence-corrected chi connectivity index (χ2v) is 10.7. The molecule has 0 aromatic carbocycles. The summed E-state index contributed by atoms with van der Waals surface area (Å²) in [5, 5.41) is 41.8. The van der Waals surface area contributed by atoms with Crippen LogP contribution in [-0.4, -0.2) is 114 Å². The van der Waals surface area contributed by atoms with Crippen LogP contribution in [0.4, 0.5) is 0 Å². The van der Waals surface area contributed by atoms with Crippen LogP contribution >= 0.6 is 7.82 Å². The standard InChI is InChI=1S/C20H23N8O12P/c29-11-7(39-19(13(11)31)27-5-25-9-15(27)21-3-23-17(9)33)1-37-41(35,36)38-2-8-12(30)14(32)20(40-8)28-6-26-10-16(28)22-4-24-18(10)34/h3-8,11-14,19-20,29-32H,1-2H2,(H,35,36)(H,21,23,33)(H,22,24,34)/t7-,8-,11-,12-,13-,14-,19-,20-/m1/s1. The van der Waals surface area contributed by atoms with Gasteiger partial charge in [0.05, 0.1) is 38.5 Å². The fourth-order valence-corrected chi connectivity index (χ4v) is 5.41. The van der Waals surface area contributed by atoms with E-state index in [1.807, 2.05) is 0 Å². The first kappa shape index (κ1) is 27.7. The summed E-state index contributed by atoms with van der Waals surface area (Å²) in [4.78, 5) is 54.5. The van der Waals surface area contributed by atoms with Gasteiger partial charge in [0, 0.05) is 0 Å². The van der Waals surface area contributed by atoms with Crippen LogP contribution < -0.4 is 11.1 Å². The molecule has 6 heterocycles. The Kier molecular flexibility index (Phi) is 7.06. The predicted molar refractivity (Wildman–Crippen MR) is 130 cm³/mol. The Morgan fingerprint density at radius 3 is 1.59 bits per heavy atom. The minimum absolute atomic E-state index is 0.0272. The number of fused-ring (bicyclic) bond motifs is 2. The summed E-state index contributed by atoms with van der Waals surface area (Å²) in [6, 6.07) is 0. The number of nitrogens with zero attached hydrogens (tertiary/aromatic N) is 6. The van der Waals surface area contributed by atoms with Gasteiger partial charge in [-0.3, -0.25) is 27.8 Å². The fourth-order valence-electron chi connectivity index (χ4n) is 4.66. The van der Waals surface area contributed by atoms with Gasteiger partial charge < -0.3 is 44.8 Å². The average molecular weight is 598 g/mol. The van der Waals surface area contributed by atoms with Crippen LogP contribution in [0.1, 0.15) is 12.5 Å². The Balaban J connectivity index is 1.07. The summed E-state index contributed by atoms with van der Waals surface area (Å²) < 4.78 is 36.1. The molecule has 220 valence electrons. The van der Waals surface area contributed by atoms with E-state index in [-0.39, 0.29) is 22.3 Å². The number of aromatic nitrogens is 8. The Bertz CT molecular complexity index is 1620. The van der Waals surface area contributed by atoms with E-state index < -0.39 is 81.2 Å². The number of aliphatic hydroxyl groups excluding tert-OH is 4. The Morgan fingerprint density at radius 2 is 1.17 bits per heavy atom. The zero-order valence-electron chi connectivity index (χ0n) is 20.6. The van der Waals surface area contributed by atoms with Gasteiger partial charge in [-0.2, -0.15) is 0 Å². The van der Waals surface area contributed by atoms with Gasteiger partial charge in [0.15, 0.2) is 34.8 Å². The van der Waals surface area contributed by atoms with E-state index in [1.54, 1.807) is 0 Å². The third-order valence-electron chi connectivity index (χ3n) is 6.76. The van der Waals surface area contributed by atoms with E-state index in [9.17, 15) is 39.5 Å². The molecule has 0 unspecified atom stereocenters. The molecule has 21 heteroatoms. The number of hydrogen-bond donors (Lipinski definition) is 7. The van der Waals surface area contributed by atoms with Crippen molar-refractivity contribution < 1.29 is 48.4 Å². The van der Waals surface area contributed by atoms with Crippen LogP contribution in [0.15, 0.2) is 34.9 Å². The van der Waals surface area contributed by atoms with E-state index >= 15 is 0 Å². The smallest absolute Gasteiger partial charge is 0.387 e. The molecule has 2 fully saturated rings. The number of phosphoric ester groups is 1. The van der Waals surface area contributed by atoms with Crippen LogP contribution in [0.3, 0.4) is 0 Å². The normalized spacial score (nSPS) is 31.7. The second kappa shape index (κ2) is 10.4. The van der Waals surface area contributed by atoms with Gasteiger partial charge in [-0.15, -0.1) is 0 Å². The highest BCUT2D eigenvalue weighted by Gasteiger charge is 2.47. The summed E-state index contributed by atoms with van der Waals surface area (Å²) in [6.45, 7) is -1.41. The van der Waals surface area contributed by atoms with Crippen molar-refractivity contribution >= 4 is 30.2 Å². The summed E-state index contributed by atoms with van der Waals surface area (Å²) in [5.74, 6) is 0. The molecule has 0 bridgehead atoms. The fraction of sp³-hybridized carbons (Fsp3) is 0.500. The SMILES string of the molecule is O=c1[nH]cnc2c1ncn2[C@@H]1O[C@H](COP(=O)(O)OC[C@H]2O[C@@H](n3cnc4c(=O)[nH]cnc43)[C@H](O)[C@@H]2O)[C@@H](O)[C@H]1O. The van der Waals surface area contributed by atoms with Gasteiger partial charge in [0.1, 0.15) is 36.6 Å². The van der Waals surface area contributed by atoms with E-state index in [2.05, 4.69) is 29.9 Å². The molecule has 4 aromatic rings. The molecule has 2 saturated heterocycles. The van der Waals surface area contributed by atoms with Crippen LogP contribution in [0, 0.1) is 0 Å². The molecule has 0 radical (unpaired) electrons. The van der Waals surface area contributed by atoms with E-state index in [4.69, 9.17) is 18.5 Å². The van der Waals surface area contributed by atoms with Gasteiger partial charge in [-0.25, -0.2) is 24.5 Å². The molecule has 2 aliphatic rings. The number of phosphoric acid groups is 1. The molecule has 2 aliphatic heterocycles. The molecule has 8 atom stereocenters. The van der Waals surface area contributed by atoms with Crippen molar-refractivity contribution in [3.8, 4) is 0 Å². The number of rotatable bonds is 8. The third-order valence-corrected chi connectivity index (χ3v) is 7.71. The number of aromatic amines is 2. The molecular formula is C20H23N8O12P. The maximum Gasteiger partial charge on any atom is 0.472 e. The van der Waals surface area contributed by atoms with Crippen LogP contribution in [0.5, 0.6) is 0 Å². The minimum atomic E-state index is -4.84. The van der Waals surface area contributed by atoms with E-state index in [0.29, 0.717) is 0 Å². The first-order valence-corrected chi connectivity index (χ1v) is 13.5. The van der Waals surface area contributed by atoms with Gasteiger partial charge in [0.25, 0.3) is 11.1 Å². The van der Waals surface area contributed by atoms with Gasteiger partial charge >= 0.3 is 7.82 Å². The molecule has 0 saturated carbocycles. The zero-order chi connectivity index (χ0) is 29.1. The van der Waals surface area contributed by atoms with Crippen molar-refractivity contribution in [2.24, 2.45) is 0 Å². The summed E-state index contributed by atoms with van der Waals surface area (Å²) in [7, 11) is -4.84. The molecule has 7 N–H and O–H groups in total. The monoisotopic (exact) mass is 598 g/mol. The van der Waals surface area contributed by atoms with Crippen molar-refractivity contribution in [2.45, 2.75) is 49.1 Å². The summed E-state index contributed by atoms with van der Waals surface area (Å²) in [5.41, 5.74) is -0.962. The molecule has 41 heavy (non-hydrogen) atoms. The maximum absolute atomic E-state index is 12.5. The summed E-state index contributed by atoms with van der Waals surface area (Å²) >= 11 is 0. The molecule has 0 aliphatic carbocycles. The molecule has 0 spiro atoms. The topological polar surface area (TPSA) is 282 Å². The number of H-pyrrole nitrogens is 2. The van der Waals surface area contributed by atoms with Crippen molar-refractivity contribution in [3.63, 3.8) is 0 Å². The highest BCUT2D eigenvalue weighted by Crippen LogP contribution is 2.45. The lowest BCUT2D eigenvalue weighted by Gasteiger charge is -2.20. The zero-order valence-corrected chi connectivity index (χ0v) is 21.5. The Labute approximate surface area is 226 Å². The first-order valence-electron chi connectivity index (χ1n) is 12.0. The number of ether oxygens (including phenoxy) is 2. The van der Waals surface area contributed by atoms with Crippen molar-refractivity contribution in [3.05, 3.63) is 46.0 Å². The van der Waals surface area contributed by atoms with E-state index in [1.165, 1.54) is 21.8 Å². The molecule has 4 aromatic heterocycles. The lowest BCUT2D eigenvalue weighted by Crippen LogP contribution is -2.34. The molecule has 0 amide bonds. The quantitative estimate of drug-likeness (QED) is 0.0974. The van der Waals surface area contributed by atoms with Crippen LogP contribution in [0.2, 0.25) is 0 Å². The lowest BCUT2D eigenvalue weighted by molar-refractivity contribution is -0.0608. The molecule has 20 nitrogen and oxygen atoms in total. The number of aliphatic hydroxyl groups is 4. The number of hydrogen-bond acceptors (Lipinski definition) is 15. The van der Waals surface area contributed by atoms with Gasteiger partial charge in [-0.1, -0.05) is 0 Å². The largest absolute Gasteiger partial charge is 0.472 e. The second-order valence-electron chi connectivity index (χ2n) is 9.26. The highest BCUT2D eigenvalue weighted by atomic mass is 31.2. The lowest BCUT2D eigenvalue weighted by atomic mass is 10.1. The summed E-state index contributed by atoms with van der Waals surface area (Å²) in [6.07, 6.45) is -6.68. The van der Waals surface area contributed by atoms with Crippen molar-refractivity contribution in [2.75, 3.05) is 13.2 Å². The average Bonchev–Trinajstić information content (AvgIpc) is 3.70. The van der Waals surface area contributed by atoms with Crippen molar-refractivity contribution in [1.82, 2.24) is 39.0 Å². The van der Waals surface area contributed by atoms with Gasteiger partial charge in [0.2, 0.25) is 0 Å². The van der Waals surface area contributed by atoms with Crippen LogP contribution in [0.25, 0.3) is 22.3 Å².